The fraction of sp³-hybridized carbons (Fsp3) is 0. The minimum absolute atomic E-state index is 0.928. The van der Waals surface area contributed by atoms with Crippen LogP contribution in [-0.2, 0) is 0 Å². The first-order valence-electron chi connectivity index (χ1n) is 10.4. The van der Waals surface area contributed by atoms with Crippen LogP contribution in [0, 0.1) is 0 Å². The van der Waals surface area contributed by atoms with Crippen LogP contribution in [0.15, 0.2) is 114 Å². The van der Waals surface area contributed by atoms with Gasteiger partial charge in [-0.05, 0) is 55.1 Å². The zero-order valence-electron chi connectivity index (χ0n) is 16.3. The summed E-state index contributed by atoms with van der Waals surface area (Å²) in [6.45, 7) is 0. The van der Waals surface area contributed by atoms with Crippen molar-refractivity contribution in [1.82, 2.24) is 0 Å². The lowest BCUT2D eigenvalue weighted by Gasteiger charge is -2.27. The predicted octanol–water partition coefficient (Wildman–Crippen LogP) is 4.28. The first-order chi connectivity index (χ1) is 14.9. The van der Waals surface area contributed by atoms with Crippen LogP contribution in [0.1, 0.15) is 0 Å². The molecule has 1 aromatic heterocycles. The van der Waals surface area contributed by atoms with Crippen molar-refractivity contribution < 1.29 is 4.42 Å². The van der Waals surface area contributed by atoms with Crippen LogP contribution in [0.4, 0.5) is 0 Å². The van der Waals surface area contributed by atoms with Crippen LogP contribution >= 0.6 is 0 Å². The second-order valence-electron chi connectivity index (χ2n) is 8.12. The molecule has 30 heavy (non-hydrogen) atoms. The average molecular weight is 399 g/mol. The summed E-state index contributed by atoms with van der Waals surface area (Å²) in [6, 6.07) is 38.0. The van der Waals surface area contributed by atoms with Gasteiger partial charge in [0.25, 0.3) is 0 Å². The molecule has 1 nitrogen and oxygen atoms in total. The summed E-state index contributed by atoms with van der Waals surface area (Å²) in [6.07, 6.45) is 1.75. The molecule has 0 saturated heterocycles. The zero-order chi connectivity index (χ0) is 19.7. The summed E-state index contributed by atoms with van der Waals surface area (Å²) >= 11 is 0. The van der Waals surface area contributed by atoms with E-state index in [2.05, 4.69) is 97.1 Å². The Morgan fingerprint density at radius 2 is 1.00 bits per heavy atom. The van der Waals surface area contributed by atoms with E-state index in [1.54, 1.807) is 6.26 Å². The van der Waals surface area contributed by atoms with E-state index in [-0.39, 0.29) is 0 Å². The summed E-state index contributed by atoms with van der Waals surface area (Å²) < 4.78 is 5.76. The maximum absolute atomic E-state index is 5.76. The van der Waals surface area contributed by atoms with Gasteiger partial charge in [-0.3, -0.25) is 0 Å². The van der Waals surface area contributed by atoms with Crippen molar-refractivity contribution in [3.63, 3.8) is 0 Å². The quantitative estimate of drug-likeness (QED) is 0.376. The second kappa shape index (κ2) is 5.71. The Morgan fingerprint density at radius 3 is 1.53 bits per heavy atom. The summed E-state index contributed by atoms with van der Waals surface area (Å²) in [5, 5.41) is 6.01. The Hall–Kier alpha value is -3.62. The topological polar surface area (TPSA) is 13.1 Å². The molecule has 0 atom stereocenters. The second-order valence-corrected chi connectivity index (χ2v) is 11.8. The number of hydrogen-bond acceptors (Lipinski definition) is 1. The lowest BCUT2D eigenvalue weighted by molar-refractivity contribution is 0.582. The van der Waals surface area contributed by atoms with Crippen LogP contribution in [-0.4, -0.2) is 8.07 Å². The van der Waals surface area contributed by atoms with Gasteiger partial charge >= 0.3 is 0 Å². The Balaban J connectivity index is 1.67. The van der Waals surface area contributed by atoms with Gasteiger partial charge in [0.15, 0.2) is 8.07 Å². The average Bonchev–Trinajstić information content (AvgIpc) is 3.51. The van der Waals surface area contributed by atoms with Crippen molar-refractivity contribution in [1.29, 1.82) is 0 Å². The molecule has 5 aromatic rings. The largest absolute Gasteiger partial charge is 0.464 e. The fourth-order valence-electron chi connectivity index (χ4n) is 5.69. The normalized spacial score (nSPS) is 14.3. The summed E-state index contributed by atoms with van der Waals surface area (Å²) in [4.78, 5) is 0. The van der Waals surface area contributed by atoms with Crippen LogP contribution in [0.25, 0.3) is 33.6 Å². The molecule has 0 radical (unpaired) electrons. The van der Waals surface area contributed by atoms with E-state index in [1.807, 2.05) is 6.07 Å². The van der Waals surface area contributed by atoms with Gasteiger partial charge in [0.05, 0.1) is 6.26 Å². The van der Waals surface area contributed by atoms with Crippen LogP contribution in [0.5, 0.6) is 0 Å². The van der Waals surface area contributed by atoms with Gasteiger partial charge < -0.3 is 4.42 Å². The van der Waals surface area contributed by atoms with Crippen molar-refractivity contribution >= 4 is 28.8 Å². The van der Waals surface area contributed by atoms with Crippen molar-refractivity contribution in [2.75, 3.05) is 0 Å². The monoisotopic (exact) mass is 398 g/mol. The smallest absolute Gasteiger partial charge is 0.182 e. The summed E-state index contributed by atoms with van der Waals surface area (Å²) in [7, 11) is -2.34. The van der Waals surface area contributed by atoms with Gasteiger partial charge in [0.1, 0.15) is 5.76 Å². The molecule has 2 heteroatoms. The van der Waals surface area contributed by atoms with Gasteiger partial charge in [-0.1, -0.05) is 91.0 Å². The highest BCUT2D eigenvalue weighted by Crippen LogP contribution is 2.36. The van der Waals surface area contributed by atoms with Crippen molar-refractivity contribution in [2.45, 2.75) is 0 Å². The van der Waals surface area contributed by atoms with Crippen molar-refractivity contribution in [3.05, 3.63) is 109 Å². The van der Waals surface area contributed by atoms with E-state index in [1.165, 1.54) is 43.0 Å². The van der Waals surface area contributed by atoms with Gasteiger partial charge in [0.2, 0.25) is 0 Å². The van der Waals surface area contributed by atoms with Crippen molar-refractivity contribution in [3.8, 4) is 33.6 Å². The van der Waals surface area contributed by atoms with Gasteiger partial charge in [-0.2, -0.15) is 0 Å². The minimum Gasteiger partial charge on any atom is -0.464 e. The van der Waals surface area contributed by atoms with E-state index in [0.29, 0.717) is 0 Å². The van der Waals surface area contributed by atoms with Gasteiger partial charge in [0, 0.05) is 5.56 Å². The van der Waals surface area contributed by atoms with E-state index >= 15 is 0 Å². The third-order valence-electron chi connectivity index (χ3n) is 6.80. The Labute approximate surface area is 176 Å². The molecule has 2 aliphatic rings. The van der Waals surface area contributed by atoms with Gasteiger partial charge in [-0.25, -0.2) is 0 Å². The maximum atomic E-state index is 5.76. The number of furan rings is 1. The fourth-order valence-corrected chi connectivity index (χ4v) is 11.3. The predicted molar refractivity (Wildman–Crippen MR) is 126 cm³/mol. The molecular formula is C28H18OSi. The van der Waals surface area contributed by atoms with E-state index in [0.717, 1.165) is 11.3 Å². The number of hydrogen-bond donors (Lipinski definition) is 0. The molecular weight excluding hydrogens is 380 g/mol. The molecule has 4 aromatic carbocycles. The van der Waals surface area contributed by atoms with Gasteiger partial charge in [-0.15, -0.1) is 0 Å². The Bertz CT molecular complexity index is 1380. The third kappa shape index (κ3) is 1.83. The standard InChI is InChI=1S/C28H18OSi/c1-4-12-25-20(8-1)21-9-2-5-13-26(21)30(25)27-14-6-3-10-22(27)23-16-15-19(18-28(23)30)24-11-7-17-29-24/h1-18H. The molecule has 0 unspecified atom stereocenters. The lowest BCUT2D eigenvalue weighted by Crippen LogP contribution is -2.70. The van der Waals surface area contributed by atoms with E-state index < -0.39 is 8.07 Å². The Kier molecular flexibility index (Phi) is 3.09. The molecule has 0 bridgehead atoms. The summed E-state index contributed by atoms with van der Waals surface area (Å²) in [5.41, 5.74) is 6.70. The maximum Gasteiger partial charge on any atom is 0.182 e. The molecule has 7 rings (SSSR count). The number of rotatable bonds is 1. The molecule has 1 spiro atoms. The molecule has 0 fully saturated rings. The minimum atomic E-state index is -2.34. The number of fused-ring (bicyclic) bond motifs is 10. The molecule has 0 aliphatic carbocycles. The number of benzene rings is 4. The van der Waals surface area contributed by atoms with Crippen LogP contribution < -0.4 is 20.7 Å². The highest BCUT2D eigenvalue weighted by molar-refractivity contribution is 7.24. The molecule has 2 aliphatic heterocycles. The van der Waals surface area contributed by atoms with Crippen LogP contribution in [0.2, 0.25) is 0 Å². The first-order valence-corrected chi connectivity index (χ1v) is 12.4. The first kappa shape index (κ1) is 16.2. The SMILES string of the molecule is c1coc(-c2ccc3c(c2)[Si]2(c4ccccc4-c4ccccc42)c2ccccc2-3)c1. The van der Waals surface area contributed by atoms with Crippen molar-refractivity contribution in [2.24, 2.45) is 0 Å². The third-order valence-corrected chi connectivity index (χ3v) is 11.8. The Morgan fingerprint density at radius 1 is 0.467 bits per heavy atom. The highest BCUT2D eigenvalue weighted by Gasteiger charge is 2.53. The zero-order valence-corrected chi connectivity index (χ0v) is 17.3. The molecule has 0 saturated carbocycles. The molecule has 0 amide bonds. The van der Waals surface area contributed by atoms with E-state index in [4.69, 9.17) is 4.42 Å². The lowest BCUT2D eigenvalue weighted by atomic mass is 10.0. The molecule has 0 N–H and O–H groups in total. The van der Waals surface area contributed by atoms with Crippen LogP contribution in [0.3, 0.4) is 0 Å². The highest BCUT2D eigenvalue weighted by atomic mass is 28.3. The summed E-state index contributed by atoms with van der Waals surface area (Å²) in [5.74, 6) is 0.928. The molecule has 3 heterocycles. The molecule has 140 valence electrons. The van der Waals surface area contributed by atoms with E-state index in [9.17, 15) is 0 Å².